The van der Waals surface area contributed by atoms with Crippen LogP contribution in [0.15, 0.2) is 47.5 Å². The molecule has 0 radical (unpaired) electrons. The average molecular weight is 365 g/mol. The molecule has 1 aromatic heterocycles. The van der Waals surface area contributed by atoms with Gasteiger partial charge < -0.3 is 16.2 Å². The van der Waals surface area contributed by atoms with Crippen molar-refractivity contribution in [2.45, 2.75) is 36.8 Å². The van der Waals surface area contributed by atoms with E-state index in [4.69, 9.17) is 5.73 Å². The molecule has 0 saturated heterocycles. The summed E-state index contributed by atoms with van der Waals surface area (Å²) in [4.78, 5) is 15.9. The summed E-state index contributed by atoms with van der Waals surface area (Å²) < 4.78 is 0. The van der Waals surface area contributed by atoms with Gasteiger partial charge in [-0.15, -0.1) is 0 Å². The number of aliphatic imine (C=N–C) groups is 1. The maximum absolute atomic E-state index is 11.4. The van der Waals surface area contributed by atoms with E-state index in [-0.39, 0.29) is 12.5 Å². The standard InChI is InChI=1S/C20H23N5O2/c21-12-19(27)23-15-6-2-13(3-7-15)10-18(26)20(8-1-9-22-20)17-11-16(24-25-17)14-4-5-14/h1-3,6-9,11,14,18,26H,4-5,10,12,21H2,(H,23,27)(H,24,25). The van der Waals surface area contributed by atoms with E-state index in [0.29, 0.717) is 18.0 Å². The zero-order chi connectivity index (χ0) is 18.9. The quantitative estimate of drug-likeness (QED) is 0.596. The highest BCUT2D eigenvalue weighted by atomic mass is 16.3. The molecule has 2 atom stereocenters. The van der Waals surface area contributed by atoms with Gasteiger partial charge >= 0.3 is 0 Å². The Kier molecular flexibility index (Phi) is 4.63. The van der Waals surface area contributed by atoms with Gasteiger partial charge in [0.05, 0.1) is 18.3 Å². The smallest absolute Gasteiger partial charge is 0.238 e. The fourth-order valence-corrected chi connectivity index (χ4v) is 3.38. The molecule has 2 heterocycles. The Balaban J connectivity index is 1.51. The van der Waals surface area contributed by atoms with E-state index in [0.717, 1.165) is 17.0 Å². The molecule has 1 aliphatic heterocycles. The Morgan fingerprint density at radius 1 is 1.37 bits per heavy atom. The summed E-state index contributed by atoms with van der Waals surface area (Å²) in [5.41, 5.74) is 7.93. The van der Waals surface area contributed by atoms with Gasteiger partial charge in [0.15, 0.2) is 0 Å². The summed E-state index contributed by atoms with van der Waals surface area (Å²) in [5, 5.41) is 21.3. The number of H-pyrrole nitrogens is 1. The van der Waals surface area contributed by atoms with Crippen LogP contribution in [0.25, 0.3) is 0 Å². The molecule has 5 N–H and O–H groups in total. The van der Waals surface area contributed by atoms with Crippen molar-refractivity contribution in [1.82, 2.24) is 10.2 Å². The third-order valence-electron chi connectivity index (χ3n) is 5.11. The van der Waals surface area contributed by atoms with Gasteiger partial charge in [0.2, 0.25) is 5.91 Å². The molecule has 1 saturated carbocycles. The lowest BCUT2D eigenvalue weighted by molar-refractivity contribution is -0.114. The SMILES string of the molecule is NCC(=O)Nc1ccc(CC(O)C2(c3cc(C4CC4)[nH]n3)C=CC=N2)cc1. The number of rotatable bonds is 7. The summed E-state index contributed by atoms with van der Waals surface area (Å²) in [6, 6.07) is 9.39. The zero-order valence-corrected chi connectivity index (χ0v) is 14.9. The second kappa shape index (κ2) is 7.09. The molecule has 0 spiro atoms. The van der Waals surface area contributed by atoms with Crippen LogP contribution < -0.4 is 11.1 Å². The minimum absolute atomic E-state index is 0.0557. The Morgan fingerprint density at radius 2 is 2.15 bits per heavy atom. The van der Waals surface area contributed by atoms with Crippen LogP contribution in [0.4, 0.5) is 5.69 Å². The van der Waals surface area contributed by atoms with Crippen LogP contribution in [0.2, 0.25) is 0 Å². The zero-order valence-electron chi connectivity index (χ0n) is 14.9. The van der Waals surface area contributed by atoms with E-state index < -0.39 is 11.6 Å². The van der Waals surface area contributed by atoms with Gasteiger partial charge in [-0.2, -0.15) is 5.10 Å². The van der Waals surface area contributed by atoms with E-state index in [1.165, 1.54) is 12.8 Å². The summed E-state index contributed by atoms with van der Waals surface area (Å²) in [6.45, 7) is -0.0557. The number of benzene rings is 1. The molecular formula is C20H23N5O2. The van der Waals surface area contributed by atoms with E-state index in [1.807, 2.05) is 30.4 Å². The minimum atomic E-state index is -0.865. The number of aromatic amines is 1. The molecule has 2 aromatic rings. The van der Waals surface area contributed by atoms with E-state index >= 15 is 0 Å². The lowest BCUT2D eigenvalue weighted by Gasteiger charge is -2.28. The van der Waals surface area contributed by atoms with Crippen molar-refractivity contribution in [2.75, 3.05) is 11.9 Å². The molecule has 1 aromatic carbocycles. The summed E-state index contributed by atoms with van der Waals surface area (Å²) in [7, 11) is 0. The second-order valence-electron chi connectivity index (χ2n) is 7.11. The topological polar surface area (TPSA) is 116 Å². The van der Waals surface area contributed by atoms with E-state index in [2.05, 4.69) is 20.5 Å². The number of hydrogen-bond acceptors (Lipinski definition) is 5. The van der Waals surface area contributed by atoms with Gasteiger partial charge in [-0.1, -0.05) is 12.1 Å². The van der Waals surface area contributed by atoms with Crippen molar-refractivity contribution < 1.29 is 9.90 Å². The molecule has 1 aliphatic carbocycles. The van der Waals surface area contributed by atoms with E-state index in [9.17, 15) is 9.90 Å². The first-order chi connectivity index (χ1) is 13.1. The van der Waals surface area contributed by atoms with Gasteiger partial charge in [-0.25, -0.2) is 0 Å². The Labute approximate surface area is 157 Å². The average Bonchev–Trinajstić information content (AvgIpc) is 3.20. The number of hydrogen-bond donors (Lipinski definition) is 4. The number of aliphatic hydroxyl groups is 1. The lowest BCUT2D eigenvalue weighted by Crippen LogP contribution is -2.37. The number of anilines is 1. The first kappa shape index (κ1) is 17.6. The van der Waals surface area contributed by atoms with Crippen molar-refractivity contribution in [1.29, 1.82) is 0 Å². The maximum Gasteiger partial charge on any atom is 0.238 e. The van der Waals surface area contributed by atoms with Crippen LogP contribution in [0.3, 0.4) is 0 Å². The molecule has 1 amide bonds. The normalized spacial score (nSPS) is 22.1. The van der Waals surface area contributed by atoms with Crippen LogP contribution in [0, 0.1) is 0 Å². The molecule has 7 heteroatoms. The third kappa shape index (κ3) is 3.56. The molecule has 27 heavy (non-hydrogen) atoms. The highest BCUT2D eigenvalue weighted by Crippen LogP contribution is 2.41. The molecule has 140 valence electrons. The number of nitrogens with two attached hydrogens (primary N) is 1. The predicted molar refractivity (Wildman–Crippen MR) is 104 cm³/mol. The van der Waals surface area contributed by atoms with Crippen molar-refractivity contribution >= 4 is 17.8 Å². The Hall–Kier alpha value is -2.77. The number of carbonyl (C=O) groups is 1. The highest BCUT2D eigenvalue weighted by Gasteiger charge is 2.41. The molecular weight excluding hydrogens is 342 g/mol. The molecule has 7 nitrogen and oxygen atoms in total. The monoisotopic (exact) mass is 365 g/mol. The van der Waals surface area contributed by atoms with E-state index in [1.54, 1.807) is 18.3 Å². The summed E-state index contributed by atoms with van der Waals surface area (Å²) >= 11 is 0. The van der Waals surface area contributed by atoms with Crippen LogP contribution in [0.1, 0.15) is 35.7 Å². The number of nitrogens with one attached hydrogen (secondary N) is 2. The van der Waals surface area contributed by atoms with Crippen LogP contribution in [-0.4, -0.2) is 40.1 Å². The number of amides is 1. The second-order valence-corrected chi connectivity index (χ2v) is 7.11. The third-order valence-corrected chi connectivity index (χ3v) is 5.11. The Bertz CT molecular complexity index is 868. The van der Waals surface area contributed by atoms with Crippen molar-refractivity contribution in [3.63, 3.8) is 0 Å². The first-order valence-electron chi connectivity index (χ1n) is 9.16. The van der Waals surface area contributed by atoms with Crippen molar-refractivity contribution in [3.05, 3.63) is 59.4 Å². The first-order valence-corrected chi connectivity index (χ1v) is 9.16. The maximum atomic E-state index is 11.4. The fourth-order valence-electron chi connectivity index (χ4n) is 3.38. The summed E-state index contributed by atoms with van der Waals surface area (Å²) in [6.07, 6.45) is 7.48. The van der Waals surface area contributed by atoms with Gasteiger partial charge in [0.1, 0.15) is 5.54 Å². The molecule has 4 rings (SSSR count). The van der Waals surface area contributed by atoms with Crippen molar-refractivity contribution in [2.24, 2.45) is 10.7 Å². The predicted octanol–water partition coefficient (Wildman–Crippen LogP) is 1.62. The highest BCUT2D eigenvalue weighted by molar-refractivity contribution is 5.92. The molecule has 2 unspecified atom stereocenters. The largest absolute Gasteiger partial charge is 0.389 e. The van der Waals surface area contributed by atoms with Crippen LogP contribution in [-0.2, 0) is 16.8 Å². The van der Waals surface area contributed by atoms with Crippen LogP contribution >= 0.6 is 0 Å². The molecule has 0 bridgehead atoms. The van der Waals surface area contributed by atoms with Crippen molar-refractivity contribution in [3.8, 4) is 0 Å². The lowest BCUT2D eigenvalue weighted by atomic mass is 9.86. The van der Waals surface area contributed by atoms with Gasteiger partial charge in [-0.3, -0.25) is 14.9 Å². The summed E-state index contributed by atoms with van der Waals surface area (Å²) in [5.74, 6) is 0.322. The Morgan fingerprint density at radius 3 is 2.78 bits per heavy atom. The number of allylic oxidation sites excluding steroid dienone is 1. The molecule has 2 aliphatic rings. The number of nitrogens with zero attached hydrogens (tertiary/aromatic N) is 2. The number of carbonyl (C=O) groups excluding carboxylic acids is 1. The van der Waals surface area contributed by atoms with Gasteiger partial charge in [-0.05, 0) is 48.8 Å². The van der Waals surface area contributed by atoms with Gasteiger partial charge in [0.25, 0.3) is 0 Å². The number of aliphatic hydroxyl groups excluding tert-OH is 1. The number of aromatic nitrogens is 2. The minimum Gasteiger partial charge on any atom is -0.389 e. The van der Waals surface area contributed by atoms with Crippen LogP contribution in [0.5, 0.6) is 0 Å². The fraction of sp³-hybridized carbons (Fsp3) is 0.350. The van der Waals surface area contributed by atoms with Gasteiger partial charge in [0, 0.05) is 29.9 Å². The molecule has 1 fully saturated rings.